The van der Waals surface area contributed by atoms with Crippen LogP contribution in [-0.4, -0.2) is 25.8 Å². The highest BCUT2D eigenvalue weighted by molar-refractivity contribution is 14.2. The van der Waals surface area contributed by atoms with Crippen LogP contribution in [0.15, 0.2) is 25.0 Å². The molecule has 0 fully saturated rings. The van der Waals surface area contributed by atoms with Crippen LogP contribution >= 0.6 is 45.2 Å². The molecular weight excluding hydrogens is 484 g/mol. The van der Waals surface area contributed by atoms with Gasteiger partial charge in [-0.25, -0.2) is 8.78 Å². The Hall–Kier alpha value is 0.510. The standard InChI is InChI=1S/C8H10F2I2O4S/c1-4-5(2)16-6(7(3,9)10)8(11,12)17(13,14)15/h4,6H,1-2H2,3H3,(H,13,14,15). The molecule has 0 heterocycles. The molecule has 100 valence electrons. The SMILES string of the molecule is C=CC(=C)OC(C(C)(F)F)C(I)(I)S(=O)(=O)O. The minimum Gasteiger partial charge on any atom is -0.481 e. The molecule has 1 atom stereocenters. The molecule has 0 amide bonds. The molecule has 0 radical (unpaired) electrons. The zero-order valence-electron chi connectivity index (χ0n) is 8.66. The number of allylic oxidation sites excluding steroid dienone is 1. The van der Waals surface area contributed by atoms with E-state index in [1.54, 1.807) is 0 Å². The summed E-state index contributed by atoms with van der Waals surface area (Å²) in [6.45, 7) is 7.01. The molecule has 0 bridgehead atoms. The lowest BCUT2D eigenvalue weighted by atomic mass is 10.2. The lowest BCUT2D eigenvalue weighted by molar-refractivity contribution is -0.0961. The smallest absolute Gasteiger partial charge is 0.293 e. The number of halogens is 4. The quantitative estimate of drug-likeness (QED) is 0.203. The summed E-state index contributed by atoms with van der Waals surface area (Å²) >= 11 is 2.38. The molecule has 0 aromatic heterocycles. The van der Waals surface area contributed by atoms with E-state index in [2.05, 4.69) is 13.2 Å². The Labute approximate surface area is 126 Å². The van der Waals surface area contributed by atoms with Crippen molar-refractivity contribution in [2.45, 2.75) is 19.7 Å². The third-order valence-electron chi connectivity index (χ3n) is 1.61. The lowest BCUT2D eigenvalue weighted by Gasteiger charge is -2.32. The van der Waals surface area contributed by atoms with E-state index in [0.29, 0.717) is 6.92 Å². The van der Waals surface area contributed by atoms with Crippen LogP contribution in [0.2, 0.25) is 0 Å². The van der Waals surface area contributed by atoms with E-state index in [4.69, 9.17) is 9.29 Å². The summed E-state index contributed by atoms with van der Waals surface area (Å²) < 4.78 is 60.3. The monoisotopic (exact) mass is 494 g/mol. The molecule has 9 heteroatoms. The molecule has 0 aromatic carbocycles. The van der Waals surface area contributed by atoms with Crippen LogP contribution in [-0.2, 0) is 14.9 Å². The van der Waals surface area contributed by atoms with Crippen molar-refractivity contribution in [1.82, 2.24) is 0 Å². The number of hydrogen-bond acceptors (Lipinski definition) is 3. The highest BCUT2D eigenvalue weighted by atomic mass is 127. The van der Waals surface area contributed by atoms with Gasteiger partial charge >= 0.3 is 0 Å². The van der Waals surface area contributed by atoms with Gasteiger partial charge in [0.15, 0.2) is 0 Å². The van der Waals surface area contributed by atoms with Crippen LogP contribution in [0.3, 0.4) is 0 Å². The second-order valence-corrected chi connectivity index (χ2v) is 11.7. The second-order valence-electron chi connectivity index (χ2n) is 3.16. The van der Waals surface area contributed by atoms with Crippen molar-refractivity contribution in [3.63, 3.8) is 0 Å². The van der Waals surface area contributed by atoms with Crippen molar-refractivity contribution in [2.24, 2.45) is 0 Å². The molecule has 4 nitrogen and oxygen atoms in total. The fourth-order valence-corrected chi connectivity index (χ4v) is 2.68. The zero-order valence-corrected chi connectivity index (χ0v) is 13.8. The van der Waals surface area contributed by atoms with Gasteiger partial charge in [0.25, 0.3) is 16.0 Å². The Morgan fingerprint density at radius 1 is 1.53 bits per heavy atom. The van der Waals surface area contributed by atoms with E-state index in [0.717, 1.165) is 6.08 Å². The maximum absolute atomic E-state index is 13.3. The van der Waals surface area contributed by atoms with Crippen LogP contribution in [0.25, 0.3) is 0 Å². The highest BCUT2D eigenvalue weighted by Crippen LogP contribution is 2.45. The van der Waals surface area contributed by atoms with E-state index in [1.807, 2.05) is 0 Å². The predicted octanol–water partition coefficient (Wildman–Crippen LogP) is 3.14. The third-order valence-corrected chi connectivity index (χ3v) is 6.98. The summed E-state index contributed by atoms with van der Waals surface area (Å²) in [7, 11) is -4.75. The number of ether oxygens (including phenoxy) is 1. The van der Waals surface area contributed by atoms with Crippen LogP contribution in [0, 0.1) is 0 Å². The molecule has 0 aliphatic heterocycles. The fourth-order valence-electron chi connectivity index (χ4n) is 0.802. The Morgan fingerprint density at radius 3 is 2.18 bits per heavy atom. The first-order chi connectivity index (χ1) is 7.34. The van der Waals surface area contributed by atoms with Crippen molar-refractivity contribution >= 4 is 55.3 Å². The largest absolute Gasteiger partial charge is 0.481 e. The molecular formula is C8H10F2I2O4S. The first kappa shape index (κ1) is 17.5. The van der Waals surface area contributed by atoms with Crippen LogP contribution in [0.4, 0.5) is 8.78 Å². The van der Waals surface area contributed by atoms with Gasteiger partial charge in [-0.1, -0.05) is 13.2 Å². The first-order valence-corrected chi connectivity index (χ1v) is 7.64. The Kier molecular flexibility index (Phi) is 5.82. The molecule has 0 aliphatic rings. The van der Waals surface area contributed by atoms with Crippen molar-refractivity contribution < 1.29 is 26.5 Å². The van der Waals surface area contributed by atoms with Crippen molar-refractivity contribution in [1.29, 1.82) is 0 Å². The summed E-state index contributed by atoms with van der Waals surface area (Å²) in [5.41, 5.74) is 0. The molecule has 0 aromatic rings. The van der Waals surface area contributed by atoms with E-state index in [-0.39, 0.29) is 5.76 Å². The Balaban J connectivity index is 5.50. The van der Waals surface area contributed by atoms with E-state index in [1.165, 1.54) is 45.2 Å². The van der Waals surface area contributed by atoms with Gasteiger partial charge < -0.3 is 4.74 Å². The van der Waals surface area contributed by atoms with Crippen LogP contribution < -0.4 is 0 Å². The summed E-state index contributed by atoms with van der Waals surface area (Å²) in [5.74, 6) is -3.71. The fraction of sp³-hybridized carbons (Fsp3) is 0.500. The van der Waals surface area contributed by atoms with Crippen molar-refractivity contribution in [3.8, 4) is 0 Å². The molecule has 17 heavy (non-hydrogen) atoms. The van der Waals surface area contributed by atoms with Crippen LogP contribution in [0.5, 0.6) is 0 Å². The minimum atomic E-state index is -4.75. The third kappa shape index (κ3) is 4.59. The van der Waals surface area contributed by atoms with Gasteiger partial charge in [-0.2, -0.15) is 8.42 Å². The predicted molar refractivity (Wildman–Crippen MR) is 77.2 cm³/mol. The molecule has 1 unspecified atom stereocenters. The molecule has 0 aliphatic carbocycles. The summed E-state index contributed by atoms with van der Waals surface area (Å²) in [6, 6.07) is 0. The van der Waals surface area contributed by atoms with Gasteiger partial charge in [0.05, 0.1) is 0 Å². The molecule has 0 saturated heterocycles. The summed E-state index contributed by atoms with van der Waals surface area (Å²) in [4.78, 5) is 0. The summed E-state index contributed by atoms with van der Waals surface area (Å²) in [6.07, 6.45) is -1.04. The second kappa shape index (κ2) is 5.65. The number of hydrogen-bond donors (Lipinski definition) is 1. The van der Waals surface area contributed by atoms with E-state index < -0.39 is 22.9 Å². The number of alkyl halides is 4. The van der Waals surface area contributed by atoms with E-state index >= 15 is 0 Å². The van der Waals surface area contributed by atoms with Gasteiger partial charge in [-0.05, 0) is 51.3 Å². The molecule has 0 saturated carbocycles. The van der Waals surface area contributed by atoms with Gasteiger partial charge in [0, 0.05) is 6.92 Å². The normalized spacial score (nSPS) is 15.2. The molecule has 0 spiro atoms. The van der Waals surface area contributed by atoms with Gasteiger partial charge in [-0.3, -0.25) is 4.55 Å². The Bertz CT molecular complexity index is 414. The maximum atomic E-state index is 13.3. The minimum absolute atomic E-state index is 0.210. The average molecular weight is 494 g/mol. The highest BCUT2D eigenvalue weighted by Gasteiger charge is 2.57. The van der Waals surface area contributed by atoms with Crippen LogP contribution in [0.1, 0.15) is 6.92 Å². The van der Waals surface area contributed by atoms with Crippen molar-refractivity contribution in [2.75, 3.05) is 0 Å². The maximum Gasteiger partial charge on any atom is 0.293 e. The molecule has 1 N–H and O–H groups in total. The average Bonchev–Trinajstić information content (AvgIpc) is 2.09. The topological polar surface area (TPSA) is 63.6 Å². The Morgan fingerprint density at radius 2 is 1.94 bits per heavy atom. The zero-order chi connectivity index (χ0) is 14.1. The summed E-state index contributed by atoms with van der Waals surface area (Å²) in [5, 5.41) is 0. The number of rotatable bonds is 6. The van der Waals surface area contributed by atoms with Gasteiger partial charge in [0.1, 0.15) is 5.76 Å². The van der Waals surface area contributed by atoms with Gasteiger partial charge in [0.2, 0.25) is 6.86 Å². The molecule has 0 rings (SSSR count). The van der Waals surface area contributed by atoms with Gasteiger partial charge in [-0.15, -0.1) is 0 Å². The lowest BCUT2D eigenvalue weighted by Crippen LogP contribution is -2.49. The van der Waals surface area contributed by atoms with Crippen molar-refractivity contribution in [3.05, 3.63) is 25.0 Å². The van der Waals surface area contributed by atoms with E-state index in [9.17, 15) is 17.2 Å². The first-order valence-electron chi connectivity index (χ1n) is 4.04.